The number of nitrogens with two attached hydrogens (primary N) is 1. The number of benzene rings is 2. The molecule has 0 atom stereocenters. The number of hydrogen-bond donors (Lipinski definition) is 3. The minimum absolute atomic E-state index is 0.0664. The van der Waals surface area contributed by atoms with Crippen molar-refractivity contribution in [3.8, 4) is 5.75 Å². The van der Waals surface area contributed by atoms with Crippen LogP contribution >= 0.6 is 0 Å². The van der Waals surface area contributed by atoms with Crippen molar-refractivity contribution >= 4 is 23.2 Å². The Hall–Kier alpha value is -3.28. The molecular formula is C18H19N3O3. The second kappa shape index (κ2) is 8.38. The van der Waals surface area contributed by atoms with Gasteiger partial charge in [-0.1, -0.05) is 18.7 Å². The van der Waals surface area contributed by atoms with Crippen LogP contribution in [0, 0.1) is 0 Å². The van der Waals surface area contributed by atoms with Crippen molar-refractivity contribution in [2.24, 2.45) is 5.73 Å². The number of primary amides is 1. The third-order valence-electron chi connectivity index (χ3n) is 3.11. The molecule has 2 rings (SSSR count). The number of ether oxygens (including phenoxy) is 1. The zero-order valence-corrected chi connectivity index (χ0v) is 13.1. The van der Waals surface area contributed by atoms with Gasteiger partial charge in [0.2, 0.25) is 11.8 Å². The molecule has 6 heteroatoms. The molecule has 0 heterocycles. The molecule has 0 spiro atoms. The van der Waals surface area contributed by atoms with Crippen LogP contribution in [0.15, 0.2) is 61.2 Å². The molecule has 0 aliphatic carbocycles. The van der Waals surface area contributed by atoms with Crippen LogP contribution in [0.2, 0.25) is 0 Å². The Morgan fingerprint density at radius 1 is 1.12 bits per heavy atom. The Labute approximate surface area is 140 Å². The van der Waals surface area contributed by atoms with Gasteiger partial charge in [0.1, 0.15) is 12.4 Å². The fraction of sp³-hybridized carbons (Fsp3) is 0.111. The lowest BCUT2D eigenvalue weighted by Gasteiger charge is -2.09. The van der Waals surface area contributed by atoms with Gasteiger partial charge in [-0.3, -0.25) is 9.59 Å². The first kappa shape index (κ1) is 17.1. The maximum Gasteiger partial charge on any atom is 0.248 e. The molecule has 4 N–H and O–H groups in total. The highest BCUT2D eigenvalue weighted by molar-refractivity contribution is 5.95. The number of carbonyl (C=O) groups excluding carboxylic acids is 2. The summed E-state index contributed by atoms with van der Waals surface area (Å²) in [6, 6.07) is 13.7. The van der Waals surface area contributed by atoms with Crippen LogP contribution in [0.3, 0.4) is 0 Å². The summed E-state index contributed by atoms with van der Waals surface area (Å²) in [5, 5.41) is 5.71. The van der Waals surface area contributed by atoms with Gasteiger partial charge in [0.15, 0.2) is 0 Å². The van der Waals surface area contributed by atoms with Crippen LogP contribution < -0.4 is 21.1 Å². The summed E-state index contributed by atoms with van der Waals surface area (Å²) < 4.78 is 5.37. The Bertz CT molecular complexity index is 727. The molecule has 2 aromatic carbocycles. The maximum absolute atomic E-state index is 12.0. The second-order valence-electron chi connectivity index (χ2n) is 4.97. The van der Waals surface area contributed by atoms with Gasteiger partial charge in [0.25, 0.3) is 0 Å². The van der Waals surface area contributed by atoms with Gasteiger partial charge in [0.05, 0.1) is 6.54 Å². The van der Waals surface area contributed by atoms with Crippen molar-refractivity contribution in [3.63, 3.8) is 0 Å². The van der Waals surface area contributed by atoms with Gasteiger partial charge in [-0.05, 0) is 42.5 Å². The topological polar surface area (TPSA) is 93.4 Å². The second-order valence-corrected chi connectivity index (χ2v) is 4.97. The largest absolute Gasteiger partial charge is 0.490 e. The van der Waals surface area contributed by atoms with E-state index in [4.69, 9.17) is 10.5 Å². The summed E-state index contributed by atoms with van der Waals surface area (Å²) in [4.78, 5) is 23.1. The minimum Gasteiger partial charge on any atom is -0.490 e. The fourth-order valence-electron chi connectivity index (χ4n) is 1.96. The maximum atomic E-state index is 12.0. The molecular weight excluding hydrogens is 306 g/mol. The van der Waals surface area contributed by atoms with Crippen molar-refractivity contribution < 1.29 is 14.3 Å². The van der Waals surface area contributed by atoms with Crippen molar-refractivity contribution in [1.29, 1.82) is 0 Å². The molecule has 6 nitrogen and oxygen atoms in total. The summed E-state index contributed by atoms with van der Waals surface area (Å²) in [5.41, 5.74) is 6.92. The van der Waals surface area contributed by atoms with E-state index in [9.17, 15) is 9.59 Å². The van der Waals surface area contributed by atoms with Crippen LogP contribution in [0.25, 0.3) is 0 Å². The molecule has 0 unspecified atom stereocenters. The van der Waals surface area contributed by atoms with Gasteiger partial charge in [-0.15, -0.1) is 0 Å². The average molecular weight is 325 g/mol. The SMILES string of the molecule is C=CCOc1ccc(NC(=O)CNc2cccc(C(N)=O)c2)cc1. The number of rotatable bonds is 8. The van der Waals surface area contributed by atoms with Crippen LogP contribution in [0.1, 0.15) is 10.4 Å². The third-order valence-corrected chi connectivity index (χ3v) is 3.11. The number of anilines is 2. The van der Waals surface area contributed by atoms with Gasteiger partial charge < -0.3 is 21.1 Å². The first-order valence-electron chi connectivity index (χ1n) is 7.36. The molecule has 0 aromatic heterocycles. The lowest BCUT2D eigenvalue weighted by atomic mass is 10.2. The fourth-order valence-corrected chi connectivity index (χ4v) is 1.96. The molecule has 0 radical (unpaired) electrons. The van der Waals surface area contributed by atoms with E-state index in [1.54, 1.807) is 54.6 Å². The summed E-state index contributed by atoms with van der Waals surface area (Å²) in [6.45, 7) is 4.08. The Morgan fingerprint density at radius 2 is 1.88 bits per heavy atom. The highest BCUT2D eigenvalue weighted by Crippen LogP contribution is 2.16. The molecule has 0 saturated heterocycles. The van der Waals surface area contributed by atoms with E-state index in [0.29, 0.717) is 29.3 Å². The molecule has 0 bridgehead atoms. The standard InChI is InChI=1S/C18H19N3O3/c1-2-10-24-16-8-6-14(7-9-16)21-17(22)12-20-15-5-3-4-13(11-15)18(19)23/h2-9,11,20H,1,10,12H2,(H2,19,23)(H,21,22). The van der Waals surface area contributed by atoms with Crippen molar-refractivity contribution in [3.05, 3.63) is 66.7 Å². The zero-order chi connectivity index (χ0) is 17.4. The summed E-state index contributed by atoms with van der Waals surface area (Å²) in [7, 11) is 0. The molecule has 0 aliphatic heterocycles. The number of hydrogen-bond acceptors (Lipinski definition) is 4. The van der Waals surface area contributed by atoms with Crippen molar-refractivity contribution in [2.75, 3.05) is 23.8 Å². The molecule has 0 fully saturated rings. The number of amides is 2. The summed E-state index contributed by atoms with van der Waals surface area (Å²) in [6.07, 6.45) is 1.66. The Kier molecular flexibility index (Phi) is 5.96. The molecule has 2 aromatic rings. The Morgan fingerprint density at radius 3 is 2.54 bits per heavy atom. The third kappa shape index (κ3) is 5.17. The van der Waals surface area contributed by atoms with Gasteiger partial charge >= 0.3 is 0 Å². The normalized spacial score (nSPS) is 9.83. The van der Waals surface area contributed by atoms with Crippen LogP contribution in [-0.4, -0.2) is 25.0 Å². The molecule has 0 saturated carbocycles. The summed E-state index contributed by atoms with van der Waals surface area (Å²) >= 11 is 0. The number of carbonyl (C=O) groups is 2. The van der Waals surface area contributed by atoms with E-state index in [1.807, 2.05) is 0 Å². The van der Waals surface area contributed by atoms with Crippen molar-refractivity contribution in [1.82, 2.24) is 0 Å². The molecule has 0 aliphatic rings. The van der Waals surface area contributed by atoms with E-state index in [-0.39, 0.29) is 12.5 Å². The first-order chi connectivity index (χ1) is 11.6. The predicted molar refractivity (Wildman–Crippen MR) is 94.2 cm³/mol. The van der Waals surface area contributed by atoms with Crippen molar-refractivity contribution in [2.45, 2.75) is 0 Å². The highest BCUT2D eigenvalue weighted by atomic mass is 16.5. The first-order valence-corrected chi connectivity index (χ1v) is 7.36. The van der Waals surface area contributed by atoms with E-state index < -0.39 is 5.91 Å². The van der Waals surface area contributed by atoms with E-state index >= 15 is 0 Å². The molecule has 24 heavy (non-hydrogen) atoms. The van der Waals surface area contributed by atoms with Gasteiger partial charge in [-0.2, -0.15) is 0 Å². The number of nitrogens with one attached hydrogen (secondary N) is 2. The Balaban J connectivity index is 1.85. The highest BCUT2D eigenvalue weighted by Gasteiger charge is 2.05. The van der Waals surface area contributed by atoms with Gasteiger partial charge in [0, 0.05) is 16.9 Å². The lowest BCUT2D eigenvalue weighted by molar-refractivity contribution is -0.114. The van der Waals surface area contributed by atoms with Crippen LogP contribution in [0.5, 0.6) is 5.75 Å². The van der Waals surface area contributed by atoms with E-state index in [0.717, 1.165) is 0 Å². The van der Waals surface area contributed by atoms with E-state index in [2.05, 4.69) is 17.2 Å². The minimum atomic E-state index is -0.512. The quantitative estimate of drug-likeness (QED) is 0.650. The van der Waals surface area contributed by atoms with Gasteiger partial charge in [-0.25, -0.2) is 0 Å². The summed E-state index contributed by atoms with van der Waals surface area (Å²) in [5.74, 6) is -0.0182. The predicted octanol–water partition coefficient (Wildman–Crippen LogP) is 2.40. The van der Waals surface area contributed by atoms with E-state index in [1.165, 1.54) is 0 Å². The molecule has 2 amide bonds. The average Bonchev–Trinajstić information content (AvgIpc) is 2.59. The monoisotopic (exact) mass is 325 g/mol. The zero-order valence-electron chi connectivity index (χ0n) is 13.1. The smallest absolute Gasteiger partial charge is 0.248 e. The van der Waals surface area contributed by atoms with Crippen LogP contribution in [-0.2, 0) is 4.79 Å². The van der Waals surface area contributed by atoms with Crippen LogP contribution in [0.4, 0.5) is 11.4 Å². The molecule has 124 valence electrons. The lowest BCUT2D eigenvalue weighted by Crippen LogP contribution is -2.22.